The number of hydrogen-bond donors (Lipinski definition) is 2. The summed E-state index contributed by atoms with van der Waals surface area (Å²) in [5.74, 6) is -0.235. The monoisotopic (exact) mass is 376 g/mol. The number of hydrogen-bond acceptors (Lipinski definition) is 3. The zero-order valence-electron chi connectivity index (χ0n) is 12.6. The van der Waals surface area contributed by atoms with Crippen LogP contribution in [0.25, 0.3) is 0 Å². The lowest BCUT2D eigenvalue weighted by atomic mass is 10.1. The van der Waals surface area contributed by atoms with Crippen molar-refractivity contribution in [3.8, 4) is 5.75 Å². The molecule has 0 atom stereocenters. The summed E-state index contributed by atoms with van der Waals surface area (Å²) < 4.78 is 6.23. The van der Waals surface area contributed by atoms with Crippen LogP contribution < -0.4 is 15.6 Å². The van der Waals surface area contributed by atoms with Gasteiger partial charge in [-0.25, -0.2) is 0 Å². The SMILES string of the molecule is CCc1ccc(C(=O)NNC(=O)COc2ccc(Br)cc2)cc1. The molecule has 0 aliphatic carbocycles. The summed E-state index contributed by atoms with van der Waals surface area (Å²) in [6.45, 7) is 1.86. The van der Waals surface area contributed by atoms with E-state index in [9.17, 15) is 9.59 Å². The van der Waals surface area contributed by atoms with E-state index in [0.29, 0.717) is 11.3 Å². The molecule has 2 rings (SSSR count). The van der Waals surface area contributed by atoms with Gasteiger partial charge < -0.3 is 4.74 Å². The first kappa shape index (κ1) is 17.0. The highest BCUT2D eigenvalue weighted by Crippen LogP contribution is 2.15. The van der Waals surface area contributed by atoms with Crippen molar-refractivity contribution in [3.05, 3.63) is 64.1 Å². The lowest BCUT2D eigenvalue weighted by molar-refractivity contribution is -0.123. The van der Waals surface area contributed by atoms with E-state index in [1.54, 1.807) is 24.3 Å². The van der Waals surface area contributed by atoms with Gasteiger partial charge in [0.2, 0.25) is 0 Å². The molecule has 0 radical (unpaired) electrons. The van der Waals surface area contributed by atoms with E-state index in [2.05, 4.69) is 26.8 Å². The molecule has 0 aromatic heterocycles. The Balaban J connectivity index is 1.76. The highest BCUT2D eigenvalue weighted by molar-refractivity contribution is 9.10. The van der Waals surface area contributed by atoms with E-state index in [1.165, 1.54) is 0 Å². The molecule has 0 bridgehead atoms. The number of carbonyl (C=O) groups is 2. The van der Waals surface area contributed by atoms with Crippen LogP contribution in [0.15, 0.2) is 53.0 Å². The summed E-state index contributed by atoms with van der Waals surface area (Å²) in [6, 6.07) is 14.3. The van der Waals surface area contributed by atoms with Gasteiger partial charge in [0, 0.05) is 10.0 Å². The topological polar surface area (TPSA) is 67.4 Å². The van der Waals surface area contributed by atoms with Gasteiger partial charge in [-0.05, 0) is 48.4 Å². The Hall–Kier alpha value is -2.34. The summed E-state index contributed by atoms with van der Waals surface area (Å²) in [5, 5.41) is 0. The third-order valence-electron chi connectivity index (χ3n) is 3.12. The maximum atomic E-state index is 11.9. The van der Waals surface area contributed by atoms with Crippen molar-refractivity contribution in [2.24, 2.45) is 0 Å². The minimum absolute atomic E-state index is 0.184. The van der Waals surface area contributed by atoms with Gasteiger partial charge in [0.25, 0.3) is 11.8 Å². The van der Waals surface area contributed by atoms with E-state index < -0.39 is 5.91 Å². The molecule has 120 valence electrons. The van der Waals surface area contributed by atoms with E-state index >= 15 is 0 Å². The number of carbonyl (C=O) groups excluding carboxylic acids is 2. The normalized spacial score (nSPS) is 10.0. The molecule has 5 nitrogen and oxygen atoms in total. The van der Waals surface area contributed by atoms with Gasteiger partial charge in [0.05, 0.1) is 0 Å². The lowest BCUT2D eigenvalue weighted by Crippen LogP contribution is -2.43. The van der Waals surface area contributed by atoms with Gasteiger partial charge in [-0.15, -0.1) is 0 Å². The molecule has 0 aliphatic heterocycles. The van der Waals surface area contributed by atoms with Gasteiger partial charge >= 0.3 is 0 Å². The Labute approximate surface area is 143 Å². The molecular weight excluding hydrogens is 360 g/mol. The Morgan fingerprint density at radius 1 is 1.00 bits per heavy atom. The molecule has 0 spiro atoms. The second-order valence-electron chi connectivity index (χ2n) is 4.80. The van der Waals surface area contributed by atoms with E-state index in [0.717, 1.165) is 16.5 Å². The van der Waals surface area contributed by atoms with Crippen LogP contribution in [0.2, 0.25) is 0 Å². The lowest BCUT2D eigenvalue weighted by Gasteiger charge is -2.09. The van der Waals surface area contributed by atoms with E-state index in [-0.39, 0.29) is 12.5 Å². The van der Waals surface area contributed by atoms with Crippen LogP contribution in [0.3, 0.4) is 0 Å². The third kappa shape index (κ3) is 5.41. The number of halogens is 1. The predicted octanol–water partition coefficient (Wildman–Crippen LogP) is 2.85. The molecule has 23 heavy (non-hydrogen) atoms. The van der Waals surface area contributed by atoms with Crippen LogP contribution in [-0.4, -0.2) is 18.4 Å². The standard InChI is InChI=1S/C17H17BrN2O3/c1-2-12-3-5-13(6-4-12)17(22)20-19-16(21)11-23-15-9-7-14(18)8-10-15/h3-10H,2,11H2,1H3,(H,19,21)(H,20,22). The molecule has 0 saturated heterocycles. The fourth-order valence-electron chi connectivity index (χ4n) is 1.81. The third-order valence-corrected chi connectivity index (χ3v) is 3.65. The Kier molecular flexibility index (Phi) is 6.17. The minimum atomic E-state index is -0.438. The fourth-order valence-corrected chi connectivity index (χ4v) is 2.07. The number of amides is 2. The second kappa shape index (κ2) is 8.33. The smallest absolute Gasteiger partial charge is 0.276 e. The average molecular weight is 377 g/mol. The van der Waals surface area contributed by atoms with Crippen molar-refractivity contribution in [2.75, 3.05) is 6.61 Å². The largest absolute Gasteiger partial charge is 0.484 e. The molecule has 0 saturated carbocycles. The van der Waals surface area contributed by atoms with Crippen molar-refractivity contribution in [3.63, 3.8) is 0 Å². The van der Waals surface area contributed by atoms with Crippen LogP contribution in [0.4, 0.5) is 0 Å². The number of ether oxygens (including phenoxy) is 1. The number of hydrazine groups is 1. The first-order valence-corrected chi connectivity index (χ1v) is 7.94. The molecule has 0 fully saturated rings. The maximum Gasteiger partial charge on any atom is 0.276 e. The first-order valence-electron chi connectivity index (χ1n) is 7.15. The average Bonchev–Trinajstić information content (AvgIpc) is 2.59. The minimum Gasteiger partial charge on any atom is -0.484 e. The zero-order valence-corrected chi connectivity index (χ0v) is 14.2. The molecule has 2 amide bonds. The van der Waals surface area contributed by atoms with Crippen molar-refractivity contribution in [1.29, 1.82) is 0 Å². The highest BCUT2D eigenvalue weighted by atomic mass is 79.9. The first-order chi connectivity index (χ1) is 11.1. The van der Waals surface area contributed by atoms with Gasteiger partial charge in [0.15, 0.2) is 6.61 Å². The molecule has 2 aromatic rings. The predicted molar refractivity (Wildman–Crippen MR) is 91.1 cm³/mol. The van der Waals surface area contributed by atoms with Gasteiger partial charge in [0.1, 0.15) is 5.75 Å². The van der Waals surface area contributed by atoms with Crippen LogP contribution in [0.5, 0.6) is 5.75 Å². The summed E-state index contributed by atoms with van der Waals surface area (Å²) >= 11 is 3.32. The number of nitrogens with one attached hydrogen (secondary N) is 2. The molecule has 0 heterocycles. The van der Waals surface area contributed by atoms with E-state index in [1.807, 2.05) is 31.2 Å². The van der Waals surface area contributed by atoms with Crippen molar-refractivity contribution >= 4 is 27.7 Å². The Bertz CT molecular complexity index is 669. The molecule has 2 aromatic carbocycles. The quantitative estimate of drug-likeness (QED) is 0.788. The van der Waals surface area contributed by atoms with Crippen molar-refractivity contribution < 1.29 is 14.3 Å². The summed E-state index contributed by atoms with van der Waals surface area (Å²) in [5.41, 5.74) is 6.30. The fraction of sp³-hybridized carbons (Fsp3) is 0.176. The number of rotatable bonds is 5. The van der Waals surface area contributed by atoms with Crippen LogP contribution in [0, 0.1) is 0 Å². The van der Waals surface area contributed by atoms with Crippen LogP contribution in [-0.2, 0) is 11.2 Å². The van der Waals surface area contributed by atoms with Gasteiger partial charge in [-0.1, -0.05) is 35.0 Å². The van der Waals surface area contributed by atoms with E-state index in [4.69, 9.17) is 4.74 Å². The van der Waals surface area contributed by atoms with Crippen LogP contribution >= 0.6 is 15.9 Å². The van der Waals surface area contributed by atoms with Crippen molar-refractivity contribution in [1.82, 2.24) is 10.9 Å². The second-order valence-corrected chi connectivity index (χ2v) is 5.71. The molecular formula is C17H17BrN2O3. The van der Waals surface area contributed by atoms with Crippen molar-refractivity contribution in [2.45, 2.75) is 13.3 Å². The summed E-state index contributed by atoms with van der Waals surface area (Å²) in [7, 11) is 0. The molecule has 0 aliphatic rings. The highest BCUT2D eigenvalue weighted by Gasteiger charge is 2.08. The maximum absolute atomic E-state index is 11.9. The van der Waals surface area contributed by atoms with Crippen LogP contribution in [0.1, 0.15) is 22.8 Å². The number of aryl methyl sites for hydroxylation is 1. The Morgan fingerprint density at radius 3 is 2.26 bits per heavy atom. The molecule has 2 N–H and O–H groups in total. The summed E-state index contributed by atoms with van der Waals surface area (Å²) in [4.78, 5) is 23.5. The molecule has 6 heteroatoms. The Morgan fingerprint density at radius 2 is 1.65 bits per heavy atom. The van der Waals surface area contributed by atoms with Gasteiger partial charge in [-0.2, -0.15) is 0 Å². The summed E-state index contributed by atoms with van der Waals surface area (Å²) in [6.07, 6.45) is 0.909. The molecule has 0 unspecified atom stereocenters. The zero-order chi connectivity index (χ0) is 16.7. The number of benzene rings is 2. The van der Waals surface area contributed by atoms with Gasteiger partial charge in [-0.3, -0.25) is 20.4 Å².